The van der Waals surface area contributed by atoms with Gasteiger partial charge in [0.25, 0.3) is 0 Å². The molecule has 1 aromatic carbocycles. The second kappa shape index (κ2) is 6.29. The third-order valence-electron chi connectivity index (χ3n) is 3.79. The number of hydrogen-bond donors (Lipinski definition) is 1. The Kier molecular flexibility index (Phi) is 4.48. The first-order valence-electron chi connectivity index (χ1n) is 7.17. The fourth-order valence-electron chi connectivity index (χ4n) is 2.79. The highest BCUT2D eigenvalue weighted by molar-refractivity contribution is 6.43. The molecule has 24 heavy (non-hydrogen) atoms. The van der Waals surface area contributed by atoms with Crippen LogP contribution in [0.4, 0.5) is 18.9 Å². The molecule has 1 N–H and O–H groups in total. The van der Waals surface area contributed by atoms with Crippen molar-refractivity contribution in [2.75, 3.05) is 5.32 Å². The molecule has 1 aromatic heterocycles. The Hall–Kier alpha value is -1.73. The first-order chi connectivity index (χ1) is 11.3. The van der Waals surface area contributed by atoms with Crippen LogP contribution in [-0.4, -0.2) is 15.7 Å². The number of hydrogen-bond acceptors (Lipinski definition) is 2. The number of aromatic nitrogens is 2. The van der Waals surface area contributed by atoms with Crippen LogP contribution in [0.25, 0.3) is 0 Å². The van der Waals surface area contributed by atoms with Gasteiger partial charge in [-0.2, -0.15) is 18.3 Å². The van der Waals surface area contributed by atoms with E-state index in [9.17, 15) is 18.0 Å². The number of carbonyl (C=O) groups excluding carboxylic acids is 1. The number of anilines is 1. The molecule has 1 aliphatic rings. The van der Waals surface area contributed by atoms with Crippen LogP contribution in [0.1, 0.15) is 23.4 Å². The van der Waals surface area contributed by atoms with Crippen LogP contribution in [0.15, 0.2) is 18.2 Å². The lowest BCUT2D eigenvalue weighted by Crippen LogP contribution is -2.21. The van der Waals surface area contributed by atoms with E-state index in [1.807, 2.05) is 0 Å². The Morgan fingerprint density at radius 1 is 1.29 bits per heavy atom. The van der Waals surface area contributed by atoms with Gasteiger partial charge in [-0.05, 0) is 31.4 Å². The van der Waals surface area contributed by atoms with E-state index < -0.39 is 17.8 Å². The fraction of sp³-hybridized carbons (Fsp3) is 0.333. The number of fused-ring (bicyclic) bond motifs is 1. The summed E-state index contributed by atoms with van der Waals surface area (Å²) in [5.41, 5.74) is 0.0587. The van der Waals surface area contributed by atoms with Gasteiger partial charge in [0.1, 0.15) is 6.54 Å². The van der Waals surface area contributed by atoms with Crippen molar-refractivity contribution in [3.63, 3.8) is 0 Å². The highest BCUT2D eigenvalue weighted by atomic mass is 35.5. The normalized spacial score (nSPS) is 13.9. The van der Waals surface area contributed by atoms with E-state index in [2.05, 4.69) is 10.4 Å². The molecule has 1 amide bonds. The average molecular weight is 378 g/mol. The van der Waals surface area contributed by atoms with Crippen LogP contribution in [0, 0.1) is 0 Å². The second-order valence-electron chi connectivity index (χ2n) is 5.43. The van der Waals surface area contributed by atoms with Gasteiger partial charge in [-0.15, -0.1) is 0 Å². The topological polar surface area (TPSA) is 46.9 Å². The summed E-state index contributed by atoms with van der Waals surface area (Å²) < 4.78 is 40.2. The Labute approximate surface area is 145 Å². The van der Waals surface area contributed by atoms with Gasteiger partial charge in [0.05, 0.1) is 15.7 Å². The van der Waals surface area contributed by atoms with E-state index in [1.54, 1.807) is 18.2 Å². The zero-order valence-corrected chi connectivity index (χ0v) is 13.8. The molecule has 0 spiro atoms. The highest BCUT2D eigenvalue weighted by Gasteiger charge is 2.40. The Bertz CT molecular complexity index is 802. The van der Waals surface area contributed by atoms with E-state index in [4.69, 9.17) is 23.2 Å². The van der Waals surface area contributed by atoms with E-state index in [-0.39, 0.29) is 22.2 Å². The zero-order chi connectivity index (χ0) is 17.5. The molecule has 0 saturated carbocycles. The van der Waals surface area contributed by atoms with Crippen LogP contribution in [0.5, 0.6) is 0 Å². The van der Waals surface area contributed by atoms with E-state index in [0.29, 0.717) is 30.6 Å². The smallest absolute Gasteiger partial charge is 0.323 e. The maximum Gasteiger partial charge on any atom is 0.435 e. The van der Waals surface area contributed by atoms with Gasteiger partial charge in [-0.3, -0.25) is 9.48 Å². The maximum atomic E-state index is 13.0. The summed E-state index contributed by atoms with van der Waals surface area (Å²) in [5.74, 6) is -0.523. The number of nitrogens with one attached hydrogen (secondary N) is 1. The van der Waals surface area contributed by atoms with Gasteiger partial charge in [0.2, 0.25) is 5.91 Å². The summed E-state index contributed by atoms with van der Waals surface area (Å²) in [6, 6.07) is 4.73. The molecule has 0 radical (unpaired) electrons. The fourth-order valence-corrected chi connectivity index (χ4v) is 3.14. The van der Waals surface area contributed by atoms with Crippen molar-refractivity contribution in [2.45, 2.75) is 32.0 Å². The molecule has 9 heteroatoms. The molecule has 0 bridgehead atoms. The molecule has 3 rings (SSSR count). The SMILES string of the molecule is O=C(Cn1nc(C(F)(F)F)c2c1CCC2)Nc1cccc(Cl)c1Cl. The number of rotatable bonds is 3. The molecule has 0 fully saturated rings. The minimum Gasteiger partial charge on any atom is -0.323 e. The van der Waals surface area contributed by atoms with Crippen molar-refractivity contribution >= 4 is 34.8 Å². The summed E-state index contributed by atoms with van der Waals surface area (Å²) in [4.78, 5) is 12.1. The summed E-state index contributed by atoms with van der Waals surface area (Å²) in [5, 5.41) is 6.58. The quantitative estimate of drug-likeness (QED) is 0.864. The lowest BCUT2D eigenvalue weighted by Gasteiger charge is -2.09. The number of nitrogens with zero attached hydrogens (tertiary/aromatic N) is 2. The molecule has 0 atom stereocenters. The third-order valence-corrected chi connectivity index (χ3v) is 4.61. The van der Waals surface area contributed by atoms with Gasteiger partial charge in [0, 0.05) is 11.3 Å². The number of carbonyl (C=O) groups is 1. The van der Waals surface area contributed by atoms with Gasteiger partial charge in [-0.25, -0.2) is 0 Å². The summed E-state index contributed by atoms with van der Waals surface area (Å²) >= 11 is 11.8. The van der Waals surface area contributed by atoms with Crippen LogP contribution in [-0.2, 0) is 30.4 Å². The van der Waals surface area contributed by atoms with Crippen molar-refractivity contribution in [2.24, 2.45) is 0 Å². The first-order valence-corrected chi connectivity index (χ1v) is 7.92. The largest absolute Gasteiger partial charge is 0.435 e. The summed E-state index contributed by atoms with van der Waals surface area (Å²) in [6.07, 6.45) is -3.10. The molecular formula is C15H12Cl2F3N3O. The van der Waals surface area contributed by atoms with Crippen molar-refractivity contribution in [3.05, 3.63) is 45.2 Å². The van der Waals surface area contributed by atoms with Gasteiger partial charge in [-0.1, -0.05) is 29.3 Å². The van der Waals surface area contributed by atoms with Gasteiger partial charge in [0.15, 0.2) is 5.69 Å². The lowest BCUT2D eigenvalue weighted by atomic mass is 10.2. The van der Waals surface area contributed by atoms with Crippen molar-refractivity contribution in [1.82, 2.24) is 9.78 Å². The number of alkyl halides is 3. The molecule has 1 aliphatic carbocycles. The Balaban J connectivity index is 1.82. The monoisotopic (exact) mass is 377 g/mol. The van der Waals surface area contributed by atoms with E-state index >= 15 is 0 Å². The molecule has 2 aromatic rings. The van der Waals surface area contributed by atoms with Crippen LogP contribution in [0.3, 0.4) is 0 Å². The van der Waals surface area contributed by atoms with Crippen molar-refractivity contribution in [1.29, 1.82) is 0 Å². The predicted molar refractivity (Wildman–Crippen MR) is 84.3 cm³/mol. The first kappa shape index (κ1) is 17.1. The van der Waals surface area contributed by atoms with Crippen LogP contribution < -0.4 is 5.32 Å². The Morgan fingerprint density at radius 2 is 2.04 bits per heavy atom. The van der Waals surface area contributed by atoms with Gasteiger partial charge < -0.3 is 5.32 Å². The number of halogens is 5. The number of amides is 1. The van der Waals surface area contributed by atoms with Crippen molar-refractivity contribution in [3.8, 4) is 0 Å². The minimum atomic E-state index is -4.52. The number of benzene rings is 1. The molecule has 0 aliphatic heterocycles. The second-order valence-corrected chi connectivity index (χ2v) is 6.22. The zero-order valence-electron chi connectivity index (χ0n) is 12.3. The predicted octanol–water partition coefficient (Wildman–Crippen LogP) is 4.34. The lowest BCUT2D eigenvalue weighted by molar-refractivity contribution is -0.142. The van der Waals surface area contributed by atoms with E-state index in [1.165, 1.54) is 0 Å². The maximum absolute atomic E-state index is 13.0. The third kappa shape index (κ3) is 3.23. The molecule has 128 valence electrons. The average Bonchev–Trinajstić information content (AvgIpc) is 3.07. The molecule has 1 heterocycles. The Morgan fingerprint density at radius 3 is 2.75 bits per heavy atom. The van der Waals surface area contributed by atoms with Gasteiger partial charge >= 0.3 is 6.18 Å². The highest BCUT2D eigenvalue weighted by Crippen LogP contribution is 2.36. The standard InChI is InChI=1S/C15H12Cl2F3N3O/c16-9-4-2-5-10(13(9)17)21-12(24)7-23-11-6-1-3-8(11)14(22-23)15(18,19)20/h2,4-5H,1,3,6-7H2,(H,21,24). The molecule has 0 saturated heterocycles. The van der Waals surface area contributed by atoms with Crippen LogP contribution in [0.2, 0.25) is 10.0 Å². The molecule has 4 nitrogen and oxygen atoms in total. The van der Waals surface area contributed by atoms with Crippen molar-refractivity contribution < 1.29 is 18.0 Å². The molecule has 0 unspecified atom stereocenters. The van der Waals surface area contributed by atoms with Crippen LogP contribution >= 0.6 is 23.2 Å². The molecular weight excluding hydrogens is 366 g/mol. The summed E-state index contributed by atoms with van der Waals surface area (Å²) in [7, 11) is 0. The minimum absolute atomic E-state index is 0.175. The summed E-state index contributed by atoms with van der Waals surface area (Å²) in [6.45, 7) is -0.318. The van der Waals surface area contributed by atoms with E-state index in [0.717, 1.165) is 4.68 Å².